The van der Waals surface area contributed by atoms with Crippen LogP contribution in [0, 0.1) is 6.92 Å². The zero-order chi connectivity index (χ0) is 29.6. The number of carbonyl (C=O) groups excluding carboxylic acids is 2. The Bertz CT molecular complexity index is 1460. The summed E-state index contributed by atoms with van der Waals surface area (Å²) in [4.78, 5) is 28.3. The number of aryl methyl sites for hydroxylation is 1. The van der Waals surface area contributed by atoms with E-state index >= 15 is 0 Å². The highest BCUT2D eigenvalue weighted by molar-refractivity contribution is 7.92. The SMILES string of the molecule is COc1cccc(N(CC(=O)N(Cc2ccc(Cl)cc2Cl)C(C)C(=O)NC(C)C)S(=O)(=O)c2ccc(C)cc2)c1. The first-order valence-corrected chi connectivity index (χ1v) is 14.8. The van der Waals surface area contributed by atoms with Gasteiger partial charge in [-0.1, -0.05) is 53.0 Å². The molecule has 0 aromatic heterocycles. The van der Waals surface area contributed by atoms with Crippen molar-refractivity contribution in [1.29, 1.82) is 0 Å². The molecule has 214 valence electrons. The summed E-state index contributed by atoms with van der Waals surface area (Å²) in [7, 11) is -2.72. The van der Waals surface area contributed by atoms with E-state index in [4.69, 9.17) is 27.9 Å². The average molecular weight is 607 g/mol. The lowest BCUT2D eigenvalue weighted by molar-refractivity contribution is -0.139. The van der Waals surface area contributed by atoms with Gasteiger partial charge in [-0.2, -0.15) is 0 Å². The first-order chi connectivity index (χ1) is 18.8. The minimum absolute atomic E-state index is 0.0200. The molecule has 3 aromatic rings. The Labute approximate surface area is 245 Å². The van der Waals surface area contributed by atoms with Gasteiger partial charge in [0.1, 0.15) is 18.3 Å². The molecule has 8 nitrogen and oxygen atoms in total. The lowest BCUT2D eigenvalue weighted by Gasteiger charge is -2.32. The minimum Gasteiger partial charge on any atom is -0.497 e. The maximum atomic E-state index is 14.0. The summed E-state index contributed by atoms with van der Waals surface area (Å²) >= 11 is 12.5. The summed E-state index contributed by atoms with van der Waals surface area (Å²) in [5, 5.41) is 3.55. The van der Waals surface area contributed by atoms with Crippen LogP contribution in [0.25, 0.3) is 0 Å². The molecule has 0 saturated carbocycles. The van der Waals surface area contributed by atoms with Gasteiger partial charge in [0.2, 0.25) is 11.8 Å². The average Bonchev–Trinajstić information content (AvgIpc) is 2.90. The van der Waals surface area contributed by atoms with E-state index < -0.39 is 28.5 Å². The third kappa shape index (κ3) is 7.68. The van der Waals surface area contributed by atoms with E-state index in [0.717, 1.165) is 9.87 Å². The first-order valence-electron chi connectivity index (χ1n) is 12.6. The highest BCUT2D eigenvalue weighted by Gasteiger charge is 2.33. The molecule has 0 spiro atoms. The van der Waals surface area contributed by atoms with E-state index in [1.165, 1.54) is 30.2 Å². The molecular weight excluding hydrogens is 573 g/mol. The van der Waals surface area contributed by atoms with Crippen LogP contribution in [-0.4, -0.2) is 50.9 Å². The lowest BCUT2D eigenvalue weighted by Crippen LogP contribution is -2.52. The van der Waals surface area contributed by atoms with Crippen LogP contribution in [0.2, 0.25) is 10.0 Å². The molecule has 1 atom stereocenters. The van der Waals surface area contributed by atoms with Gasteiger partial charge in [0.25, 0.3) is 10.0 Å². The molecule has 0 saturated heterocycles. The van der Waals surface area contributed by atoms with Gasteiger partial charge >= 0.3 is 0 Å². The fraction of sp³-hybridized carbons (Fsp3) is 0.310. The molecule has 40 heavy (non-hydrogen) atoms. The van der Waals surface area contributed by atoms with Crippen molar-refractivity contribution in [1.82, 2.24) is 10.2 Å². The van der Waals surface area contributed by atoms with E-state index in [-0.39, 0.29) is 29.1 Å². The molecule has 0 aliphatic heterocycles. The second kappa shape index (κ2) is 13.4. The fourth-order valence-electron chi connectivity index (χ4n) is 3.95. The number of halogens is 2. The molecule has 3 rings (SSSR count). The van der Waals surface area contributed by atoms with E-state index in [0.29, 0.717) is 21.4 Å². The number of nitrogens with zero attached hydrogens (tertiary/aromatic N) is 2. The zero-order valence-corrected chi connectivity index (χ0v) is 25.3. The Morgan fingerprint density at radius 2 is 1.65 bits per heavy atom. The number of hydrogen-bond donors (Lipinski definition) is 1. The van der Waals surface area contributed by atoms with Crippen LogP contribution < -0.4 is 14.4 Å². The zero-order valence-electron chi connectivity index (χ0n) is 23.0. The van der Waals surface area contributed by atoms with Crippen molar-refractivity contribution in [3.8, 4) is 5.75 Å². The predicted molar refractivity (Wildman–Crippen MR) is 158 cm³/mol. The van der Waals surface area contributed by atoms with Gasteiger partial charge in [0.15, 0.2) is 0 Å². The highest BCUT2D eigenvalue weighted by atomic mass is 35.5. The molecule has 0 radical (unpaired) electrons. The number of benzene rings is 3. The number of amides is 2. The summed E-state index contributed by atoms with van der Waals surface area (Å²) in [6.07, 6.45) is 0. The van der Waals surface area contributed by atoms with E-state index in [2.05, 4.69) is 5.32 Å². The summed E-state index contributed by atoms with van der Waals surface area (Å²) in [5.41, 5.74) is 1.67. The van der Waals surface area contributed by atoms with Crippen LogP contribution in [0.5, 0.6) is 5.75 Å². The minimum atomic E-state index is -4.19. The molecule has 0 heterocycles. The maximum Gasteiger partial charge on any atom is 0.264 e. The van der Waals surface area contributed by atoms with Crippen molar-refractivity contribution < 1.29 is 22.7 Å². The summed E-state index contributed by atoms with van der Waals surface area (Å²) in [6.45, 7) is 6.44. The number of hydrogen-bond acceptors (Lipinski definition) is 5. The molecule has 3 aromatic carbocycles. The van der Waals surface area contributed by atoms with Gasteiger partial charge < -0.3 is 15.0 Å². The van der Waals surface area contributed by atoms with E-state index in [1.807, 2.05) is 20.8 Å². The Hall–Kier alpha value is -3.27. The topological polar surface area (TPSA) is 96.0 Å². The Morgan fingerprint density at radius 3 is 2.25 bits per heavy atom. The first kappa shape index (κ1) is 31.3. The van der Waals surface area contributed by atoms with Crippen LogP contribution in [0.15, 0.2) is 71.6 Å². The second-order valence-electron chi connectivity index (χ2n) is 9.62. The normalized spacial score (nSPS) is 12.1. The van der Waals surface area contributed by atoms with Gasteiger partial charge in [-0.25, -0.2) is 8.42 Å². The standard InChI is InChI=1S/C29H33Cl2N3O5S/c1-19(2)32-29(36)21(4)33(17-22-11-12-23(30)15-27(22)31)28(35)18-34(24-7-6-8-25(16-24)39-5)40(37,38)26-13-9-20(3)10-14-26/h6-16,19,21H,17-18H2,1-5H3,(H,32,36). The molecule has 0 aliphatic rings. The van der Waals surface area contributed by atoms with Crippen molar-refractivity contribution in [2.45, 2.75) is 51.2 Å². The van der Waals surface area contributed by atoms with Crippen molar-refractivity contribution in [3.63, 3.8) is 0 Å². The monoisotopic (exact) mass is 605 g/mol. The summed E-state index contributed by atoms with van der Waals surface area (Å²) in [6, 6.07) is 16.5. The fourth-order valence-corrected chi connectivity index (χ4v) is 5.83. The maximum absolute atomic E-state index is 14.0. The molecular formula is C29H33Cl2N3O5S. The second-order valence-corrected chi connectivity index (χ2v) is 12.3. The Kier molecular flexibility index (Phi) is 10.5. The number of nitrogens with one attached hydrogen (secondary N) is 1. The van der Waals surface area contributed by atoms with Crippen LogP contribution >= 0.6 is 23.2 Å². The lowest BCUT2D eigenvalue weighted by atomic mass is 10.1. The van der Waals surface area contributed by atoms with Crippen molar-refractivity contribution >= 4 is 50.7 Å². The number of ether oxygens (including phenoxy) is 1. The van der Waals surface area contributed by atoms with Crippen LogP contribution in [0.3, 0.4) is 0 Å². The van der Waals surface area contributed by atoms with E-state index in [1.54, 1.807) is 55.5 Å². The largest absolute Gasteiger partial charge is 0.497 e. The summed E-state index contributed by atoms with van der Waals surface area (Å²) < 4.78 is 34.1. The molecule has 0 aliphatic carbocycles. The van der Waals surface area contributed by atoms with Crippen LogP contribution in [0.1, 0.15) is 31.9 Å². The quantitative estimate of drug-likeness (QED) is 0.313. The van der Waals surface area contributed by atoms with Gasteiger partial charge in [-0.3, -0.25) is 13.9 Å². The summed E-state index contributed by atoms with van der Waals surface area (Å²) in [5.74, 6) is -0.567. The number of carbonyl (C=O) groups is 2. The predicted octanol–water partition coefficient (Wildman–Crippen LogP) is 5.45. The van der Waals surface area contributed by atoms with Crippen LogP contribution in [0.4, 0.5) is 5.69 Å². The van der Waals surface area contributed by atoms with Gasteiger partial charge in [0.05, 0.1) is 17.7 Å². The number of sulfonamides is 1. The Balaban J connectivity index is 2.07. The smallest absolute Gasteiger partial charge is 0.264 e. The van der Waals surface area contributed by atoms with Gasteiger partial charge in [-0.15, -0.1) is 0 Å². The third-order valence-corrected chi connectivity index (χ3v) is 8.56. The number of anilines is 1. The Morgan fingerprint density at radius 1 is 0.975 bits per heavy atom. The number of rotatable bonds is 11. The number of methoxy groups -OCH3 is 1. The molecule has 0 bridgehead atoms. The molecule has 1 N–H and O–H groups in total. The van der Waals surface area contributed by atoms with E-state index in [9.17, 15) is 18.0 Å². The molecule has 0 fully saturated rings. The molecule has 2 amide bonds. The highest BCUT2D eigenvalue weighted by Crippen LogP contribution is 2.28. The van der Waals surface area contributed by atoms with Gasteiger partial charge in [0, 0.05) is 28.7 Å². The van der Waals surface area contributed by atoms with Crippen molar-refractivity contribution in [3.05, 3.63) is 87.9 Å². The van der Waals surface area contributed by atoms with Gasteiger partial charge in [-0.05, 0) is 69.7 Å². The molecule has 1 unspecified atom stereocenters. The van der Waals surface area contributed by atoms with Crippen molar-refractivity contribution in [2.24, 2.45) is 0 Å². The van der Waals surface area contributed by atoms with Crippen LogP contribution in [-0.2, 0) is 26.2 Å². The van der Waals surface area contributed by atoms with Crippen molar-refractivity contribution in [2.75, 3.05) is 18.0 Å². The third-order valence-electron chi connectivity index (χ3n) is 6.18. The molecule has 11 heteroatoms.